The van der Waals surface area contributed by atoms with Crippen molar-refractivity contribution in [3.05, 3.63) is 41.2 Å². The molecule has 3 rings (SSSR count). The van der Waals surface area contributed by atoms with Gasteiger partial charge in [-0.2, -0.15) is 9.40 Å². The van der Waals surface area contributed by atoms with E-state index in [0.717, 1.165) is 31.8 Å². The summed E-state index contributed by atoms with van der Waals surface area (Å²) in [4.78, 5) is 2.61. The molecule has 1 saturated heterocycles. The van der Waals surface area contributed by atoms with Gasteiger partial charge in [-0.3, -0.25) is 4.68 Å². The first-order valence-corrected chi connectivity index (χ1v) is 11.1. The van der Waals surface area contributed by atoms with Crippen LogP contribution in [-0.4, -0.2) is 66.7 Å². The van der Waals surface area contributed by atoms with Crippen LogP contribution < -0.4 is 4.74 Å². The number of hydrogen-bond donors (Lipinski definition) is 0. The van der Waals surface area contributed by atoms with Gasteiger partial charge >= 0.3 is 0 Å². The lowest BCUT2D eigenvalue weighted by atomic mass is 10.1. The van der Waals surface area contributed by atoms with Crippen molar-refractivity contribution in [2.75, 3.05) is 39.3 Å². The van der Waals surface area contributed by atoms with E-state index in [1.54, 1.807) is 23.0 Å². The van der Waals surface area contributed by atoms with Gasteiger partial charge in [0.25, 0.3) is 0 Å². The molecule has 1 aliphatic rings. The molecular formula is C20H30N4O3S. The van der Waals surface area contributed by atoms with E-state index in [1.807, 2.05) is 12.1 Å². The molecule has 7 nitrogen and oxygen atoms in total. The summed E-state index contributed by atoms with van der Waals surface area (Å²) in [5, 5.41) is 4.07. The molecule has 2 heterocycles. The number of sulfonamides is 1. The molecule has 0 spiro atoms. The highest BCUT2D eigenvalue weighted by molar-refractivity contribution is 7.89. The van der Waals surface area contributed by atoms with Crippen LogP contribution in [0.2, 0.25) is 0 Å². The number of hydrogen-bond acceptors (Lipinski definition) is 5. The highest BCUT2D eigenvalue weighted by Gasteiger charge is 2.30. The maximum atomic E-state index is 12.8. The molecule has 154 valence electrons. The largest absolute Gasteiger partial charge is 0.493 e. The van der Waals surface area contributed by atoms with E-state index in [9.17, 15) is 8.42 Å². The van der Waals surface area contributed by atoms with Crippen LogP contribution >= 0.6 is 0 Å². The van der Waals surface area contributed by atoms with Crippen molar-refractivity contribution in [2.24, 2.45) is 7.05 Å². The molecule has 8 heteroatoms. The fourth-order valence-electron chi connectivity index (χ4n) is 3.42. The molecule has 0 bridgehead atoms. The summed E-state index contributed by atoms with van der Waals surface area (Å²) in [5.41, 5.74) is 3.09. The maximum Gasteiger partial charge on any atom is 0.246 e. The Kier molecular flexibility index (Phi) is 6.42. The van der Waals surface area contributed by atoms with Crippen LogP contribution in [0.1, 0.15) is 23.2 Å². The fraction of sp³-hybridized carbons (Fsp3) is 0.550. The van der Waals surface area contributed by atoms with E-state index in [2.05, 4.69) is 29.9 Å². The smallest absolute Gasteiger partial charge is 0.246 e. The topological polar surface area (TPSA) is 67.7 Å². The number of rotatable bonds is 7. The van der Waals surface area contributed by atoms with E-state index >= 15 is 0 Å². The quantitative estimate of drug-likeness (QED) is 0.659. The number of aromatic nitrogens is 2. The molecule has 0 N–H and O–H groups in total. The Morgan fingerprint density at radius 2 is 1.82 bits per heavy atom. The molecule has 0 amide bonds. The van der Waals surface area contributed by atoms with Crippen molar-refractivity contribution in [3.8, 4) is 5.75 Å². The molecule has 0 radical (unpaired) electrons. The Hall–Kier alpha value is -1.90. The summed E-state index contributed by atoms with van der Waals surface area (Å²) < 4.78 is 34.8. The second-order valence-electron chi connectivity index (χ2n) is 7.36. The third-order valence-corrected chi connectivity index (χ3v) is 7.57. The minimum atomic E-state index is -3.47. The first kappa shape index (κ1) is 20.8. The van der Waals surface area contributed by atoms with E-state index in [4.69, 9.17) is 4.74 Å². The molecule has 0 unspecified atom stereocenters. The molecule has 1 aliphatic heterocycles. The van der Waals surface area contributed by atoms with Gasteiger partial charge < -0.3 is 9.64 Å². The summed E-state index contributed by atoms with van der Waals surface area (Å²) >= 11 is 0. The van der Waals surface area contributed by atoms with Crippen LogP contribution in [0.25, 0.3) is 0 Å². The summed E-state index contributed by atoms with van der Waals surface area (Å²) in [5.74, 6) is 0.947. The van der Waals surface area contributed by atoms with Gasteiger partial charge in [-0.25, -0.2) is 8.42 Å². The minimum Gasteiger partial charge on any atom is -0.493 e. The van der Waals surface area contributed by atoms with Crippen LogP contribution in [0.3, 0.4) is 0 Å². The van der Waals surface area contributed by atoms with Crippen LogP contribution in [0.5, 0.6) is 5.75 Å². The van der Waals surface area contributed by atoms with Crippen LogP contribution in [0.4, 0.5) is 0 Å². The number of aryl methyl sites for hydroxylation is 2. The lowest BCUT2D eigenvalue weighted by Gasteiger charge is -2.33. The van der Waals surface area contributed by atoms with Gasteiger partial charge in [0.15, 0.2) is 0 Å². The highest BCUT2D eigenvalue weighted by atomic mass is 32.2. The minimum absolute atomic E-state index is 0.311. The van der Waals surface area contributed by atoms with E-state index in [1.165, 1.54) is 17.3 Å². The van der Waals surface area contributed by atoms with Gasteiger partial charge in [-0.1, -0.05) is 12.1 Å². The zero-order valence-electron chi connectivity index (χ0n) is 17.2. The summed E-state index contributed by atoms with van der Waals surface area (Å²) in [7, 11) is -1.71. The molecule has 0 aliphatic carbocycles. The summed E-state index contributed by atoms with van der Waals surface area (Å²) in [6.07, 6.45) is 2.36. The lowest BCUT2D eigenvalue weighted by Crippen LogP contribution is -2.48. The molecule has 0 atom stereocenters. The Morgan fingerprint density at radius 1 is 1.11 bits per heavy atom. The average molecular weight is 407 g/mol. The molecule has 2 aromatic rings. The lowest BCUT2D eigenvalue weighted by molar-refractivity contribution is 0.174. The predicted octanol–water partition coefficient (Wildman–Crippen LogP) is 2.12. The molecule has 1 fully saturated rings. The van der Waals surface area contributed by atoms with Gasteiger partial charge in [0.2, 0.25) is 10.0 Å². The van der Waals surface area contributed by atoms with Crippen molar-refractivity contribution in [2.45, 2.75) is 32.1 Å². The zero-order valence-corrected chi connectivity index (χ0v) is 18.0. The van der Waals surface area contributed by atoms with Crippen LogP contribution in [0.15, 0.2) is 29.3 Å². The third-order valence-electron chi connectivity index (χ3n) is 5.57. The number of piperazine rings is 1. The van der Waals surface area contributed by atoms with E-state index < -0.39 is 10.0 Å². The molecule has 0 saturated carbocycles. The Bertz CT molecular complexity index is 916. The van der Waals surface area contributed by atoms with Crippen molar-refractivity contribution in [1.82, 2.24) is 19.0 Å². The summed E-state index contributed by atoms with van der Waals surface area (Å²) in [6.45, 7) is 10.0. The van der Waals surface area contributed by atoms with Crippen molar-refractivity contribution in [3.63, 3.8) is 0 Å². The zero-order chi connectivity index (χ0) is 20.3. The first-order chi connectivity index (χ1) is 13.3. The van der Waals surface area contributed by atoms with Crippen molar-refractivity contribution >= 4 is 10.0 Å². The van der Waals surface area contributed by atoms with Crippen LogP contribution in [-0.2, 0) is 17.1 Å². The van der Waals surface area contributed by atoms with Gasteiger partial charge in [-0.15, -0.1) is 0 Å². The fourth-order valence-corrected chi connectivity index (χ4v) is 5.02. The normalized spacial score (nSPS) is 16.4. The summed E-state index contributed by atoms with van der Waals surface area (Å²) in [6, 6.07) is 6.11. The van der Waals surface area contributed by atoms with Gasteiger partial charge in [0.05, 0.1) is 18.5 Å². The molecule has 28 heavy (non-hydrogen) atoms. The molecular weight excluding hydrogens is 376 g/mol. The van der Waals surface area contributed by atoms with Gasteiger partial charge in [0, 0.05) is 39.8 Å². The molecule has 1 aromatic heterocycles. The Labute approximate surface area is 167 Å². The predicted molar refractivity (Wildman–Crippen MR) is 109 cm³/mol. The van der Waals surface area contributed by atoms with Crippen molar-refractivity contribution in [1.29, 1.82) is 0 Å². The number of ether oxygens (including phenoxy) is 1. The SMILES string of the molecule is Cc1cccc(OCCCN2CCN(S(=O)(=O)c3cnn(C)c3C)CC2)c1C. The van der Waals surface area contributed by atoms with E-state index in [-0.39, 0.29) is 0 Å². The second kappa shape index (κ2) is 8.63. The van der Waals surface area contributed by atoms with E-state index in [0.29, 0.717) is 30.3 Å². The maximum absolute atomic E-state index is 12.8. The Balaban J connectivity index is 1.45. The Morgan fingerprint density at radius 3 is 2.46 bits per heavy atom. The highest BCUT2D eigenvalue weighted by Crippen LogP contribution is 2.22. The number of nitrogens with zero attached hydrogens (tertiary/aromatic N) is 4. The van der Waals surface area contributed by atoms with Crippen molar-refractivity contribution < 1.29 is 13.2 Å². The monoisotopic (exact) mass is 406 g/mol. The number of benzene rings is 1. The second-order valence-corrected chi connectivity index (χ2v) is 9.27. The first-order valence-electron chi connectivity index (χ1n) is 9.71. The standard InChI is InChI=1S/C20H30N4O3S/c1-16-7-5-8-19(17(16)2)27-14-6-9-23-10-12-24(13-11-23)28(25,26)20-15-21-22(4)18(20)3/h5,7-8,15H,6,9-14H2,1-4H3. The van der Waals surface area contributed by atoms with Gasteiger partial charge in [0.1, 0.15) is 10.6 Å². The third kappa shape index (κ3) is 4.39. The van der Waals surface area contributed by atoms with Crippen LogP contribution in [0, 0.1) is 20.8 Å². The van der Waals surface area contributed by atoms with Gasteiger partial charge in [-0.05, 0) is 44.4 Å². The molecule has 1 aromatic carbocycles. The average Bonchev–Trinajstić information content (AvgIpc) is 3.02.